The molecule has 0 bridgehead atoms. The van der Waals surface area contributed by atoms with Crippen molar-refractivity contribution in [3.8, 4) is 0 Å². The molecule has 5 heteroatoms. The van der Waals surface area contributed by atoms with E-state index < -0.39 is 10.0 Å². The van der Waals surface area contributed by atoms with Crippen LogP contribution in [0.4, 0.5) is 0 Å². The van der Waals surface area contributed by atoms with E-state index in [0.29, 0.717) is 18.8 Å². The summed E-state index contributed by atoms with van der Waals surface area (Å²) < 4.78 is 25.9. The molecule has 1 aliphatic carbocycles. The average molecular weight is 235 g/mol. The summed E-state index contributed by atoms with van der Waals surface area (Å²) in [7, 11) is -3.13. The number of rotatable bonds is 8. The van der Waals surface area contributed by atoms with Gasteiger partial charge in [0.15, 0.2) is 0 Å². The molecule has 1 rings (SSSR count). The summed E-state index contributed by atoms with van der Waals surface area (Å²) in [5.41, 5.74) is 0. The number of unbranched alkanes of at least 4 members (excludes halogenated alkanes) is 1. The summed E-state index contributed by atoms with van der Waals surface area (Å²) in [6.45, 7) is 2.03. The highest BCUT2D eigenvalue weighted by Crippen LogP contribution is 2.34. The number of sulfonamides is 1. The van der Waals surface area contributed by atoms with Crippen LogP contribution in [0.2, 0.25) is 0 Å². The second-order valence-electron chi connectivity index (χ2n) is 4.25. The van der Waals surface area contributed by atoms with Crippen molar-refractivity contribution in [3.63, 3.8) is 0 Å². The Bertz CT molecular complexity index is 272. The number of aliphatic hydroxyl groups excluding tert-OH is 1. The van der Waals surface area contributed by atoms with Crippen LogP contribution in [0.25, 0.3) is 0 Å². The molecule has 0 heterocycles. The van der Waals surface area contributed by atoms with Crippen LogP contribution in [-0.2, 0) is 10.0 Å². The molecule has 0 aromatic carbocycles. The SMILES string of the molecule is CCCCS(=O)(=O)NC(CCO)C1CC1. The van der Waals surface area contributed by atoms with Crippen molar-refractivity contribution in [1.82, 2.24) is 4.72 Å². The van der Waals surface area contributed by atoms with Gasteiger partial charge in [0.1, 0.15) is 0 Å². The van der Waals surface area contributed by atoms with E-state index in [9.17, 15) is 8.42 Å². The number of nitrogens with one attached hydrogen (secondary N) is 1. The zero-order valence-electron chi connectivity index (χ0n) is 9.28. The van der Waals surface area contributed by atoms with E-state index in [1.807, 2.05) is 6.92 Å². The molecule has 0 aliphatic heterocycles. The van der Waals surface area contributed by atoms with Crippen molar-refractivity contribution < 1.29 is 13.5 Å². The lowest BCUT2D eigenvalue weighted by Crippen LogP contribution is -2.38. The highest BCUT2D eigenvalue weighted by Gasteiger charge is 2.33. The lowest BCUT2D eigenvalue weighted by atomic mass is 10.1. The molecule has 15 heavy (non-hydrogen) atoms. The second kappa shape index (κ2) is 5.82. The van der Waals surface area contributed by atoms with Gasteiger partial charge in [-0.2, -0.15) is 0 Å². The zero-order valence-corrected chi connectivity index (χ0v) is 10.1. The number of hydrogen-bond acceptors (Lipinski definition) is 3. The Morgan fingerprint density at radius 1 is 1.47 bits per heavy atom. The molecule has 0 spiro atoms. The molecule has 1 fully saturated rings. The first-order chi connectivity index (χ1) is 7.09. The van der Waals surface area contributed by atoms with Crippen molar-refractivity contribution >= 4 is 10.0 Å². The van der Waals surface area contributed by atoms with Crippen LogP contribution in [0.15, 0.2) is 0 Å². The minimum atomic E-state index is -3.13. The van der Waals surface area contributed by atoms with Gasteiger partial charge in [0, 0.05) is 12.6 Å². The molecule has 0 radical (unpaired) electrons. The molecule has 0 aromatic rings. The van der Waals surface area contributed by atoms with Gasteiger partial charge < -0.3 is 5.11 Å². The zero-order chi connectivity index (χ0) is 11.3. The molecular weight excluding hydrogens is 214 g/mol. The summed E-state index contributed by atoms with van der Waals surface area (Å²) >= 11 is 0. The summed E-state index contributed by atoms with van der Waals surface area (Å²) in [6.07, 6.45) is 4.29. The van der Waals surface area contributed by atoms with Crippen LogP contribution in [0.1, 0.15) is 39.0 Å². The van der Waals surface area contributed by atoms with E-state index in [4.69, 9.17) is 5.11 Å². The Kier molecular flexibility index (Phi) is 5.02. The van der Waals surface area contributed by atoms with E-state index >= 15 is 0 Å². The van der Waals surface area contributed by atoms with E-state index in [0.717, 1.165) is 19.3 Å². The average Bonchev–Trinajstić information content (AvgIpc) is 2.97. The lowest BCUT2D eigenvalue weighted by molar-refractivity contribution is 0.265. The summed E-state index contributed by atoms with van der Waals surface area (Å²) in [4.78, 5) is 0. The van der Waals surface area contributed by atoms with Crippen molar-refractivity contribution in [2.24, 2.45) is 5.92 Å². The highest BCUT2D eigenvalue weighted by molar-refractivity contribution is 7.89. The van der Waals surface area contributed by atoms with Crippen molar-refractivity contribution in [3.05, 3.63) is 0 Å². The van der Waals surface area contributed by atoms with E-state index in [-0.39, 0.29) is 18.4 Å². The molecule has 0 amide bonds. The standard InChI is InChI=1S/C10H21NO3S/c1-2-3-8-15(13,14)11-10(6-7-12)9-4-5-9/h9-12H,2-8H2,1H3. The van der Waals surface area contributed by atoms with Gasteiger partial charge in [0.05, 0.1) is 5.75 Å². The third-order valence-corrected chi connectivity index (χ3v) is 4.22. The van der Waals surface area contributed by atoms with Gasteiger partial charge in [0.25, 0.3) is 0 Å². The minimum Gasteiger partial charge on any atom is -0.396 e. The predicted molar refractivity (Wildman–Crippen MR) is 60.0 cm³/mol. The van der Waals surface area contributed by atoms with Gasteiger partial charge in [-0.25, -0.2) is 13.1 Å². The van der Waals surface area contributed by atoms with Crippen LogP contribution in [0, 0.1) is 5.92 Å². The van der Waals surface area contributed by atoms with E-state index in [1.54, 1.807) is 0 Å². The maximum atomic E-state index is 11.6. The molecule has 90 valence electrons. The van der Waals surface area contributed by atoms with Crippen molar-refractivity contribution in [2.45, 2.75) is 45.1 Å². The maximum absolute atomic E-state index is 11.6. The number of aliphatic hydroxyl groups is 1. The third kappa shape index (κ3) is 4.95. The van der Waals surface area contributed by atoms with Crippen LogP contribution < -0.4 is 4.72 Å². The molecule has 1 atom stereocenters. The van der Waals surface area contributed by atoms with Gasteiger partial charge in [-0.05, 0) is 31.6 Å². The predicted octanol–water partition coefficient (Wildman–Crippen LogP) is 0.867. The fourth-order valence-corrected chi connectivity index (χ4v) is 3.21. The Labute approximate surface area is 92.1 Å². The van der Waals surface area contributed by atoms with Gasteiger partial charge in [-0.15, -0.1) is 0 Å². The molecule has 1 saturated carbocycles. The molecule has 1 aliphatic rings. The summed E-state index contributed by atoms with van der Waals surface area (Å²) in [6, 6.07) is -0.0446. The monoisotopic (exact) mass is 235 g/mol. The third-order valence-electron chi connectivity index (χ3n) is 2.73. The van der Waals surface area contributed by atoms with Crippen molar-refractivity contribution in [1.29, 1.82) is 0 Å². The summed E-state index contributed by atoms with van der Waals surface area (Å²) in [5.74, 6) is 0.659. The first-order valence-electron chi connectivity index (χ1n) is 5.70. The molecule has 1 unspecified atom stereocenters. The van der Waals surface area contributed by atoms with E-state index in [1.165, 1.54) is 0 Å². The Hall–Kier alpha value is -0.130. The highest BCUT2D eigenvalue weighted by atomic mass is 32.2. The fraction of sp³-hybridized carbons (Fsp3) is 1.00. The quantitative estimate of drug-likeness (QED) is 0.656. The van der Waals surface area contributed by atoms with Crippen LogP contribution >= 0.6 is 0 Å². The lowest BCUT2D eigenvalue weighted by Gasteiger charge is -2.16. The number of hydrogen-bond donors (Lipinski definition) is 2. The fourth-order valence-electron chi connectivity index (χ4n) is 1.65. The van der Waals surface area contributed by atoms with Crippen LogP contribution in [-0.4, -0.2) is 31.9 Å². The van der Waals surface area contributed by atoms with Crippen molar-refractivity contribution in [2.75, 3.05) is 12.4 Å². The molecule has 0 aromatic heterocycles. The largest absolute Gasteiger partial charge is 0.396 e. The van der Waals surface area contributed by atoms with Gasteiger partial charge in [-0.3, -0.25) is 0 Å². The smallest absolute Gasteiger partial charge is 0.211 e. The molecule has 2 N–H and O–H groups in total. The van der Waals surface area contributed by atoms with Gasteiger partial charge in [-0.1, -0.05) is 13.3 Å². The first kappa shape index (κ1) is 12.9. The van der Waals surface area contributed by atoms with Gasteiger partial charge >= 0.3 is 0 Å². The first-order valence-corrected chi connectivity index (χ1v) is 7.35. The maximum Gasteiger partial charge on any atom is 0.211 e. The molecule has 4 nitrogen and oxygen atoms in total. The summed E-state index contributed by atoms with van der Waals surface area (Å²) in [5, 5.41) is 8.85. The topological polar surface area (TPSA) is 66.4 Å². The van der Waals surface area contributed by atoms with Crippen LogP contribution in [0.5, 0.6) is 0 Å². The second-order valence-corrected chi connectivity index (χ2v) is 6.12. The Morgan fingerprint density at radius 3 is 2.60 bits per heavy atom. The normalized spacial score (nSPS) is 19.1. The Balaban J connectivity index is 2.41. The molecule has 0 saturated heterocycles. The minimum absolute atomic E-state index is 0.0446. The molecular formula is C10H21NO3S. The van der Waals surface area contributed by atoms with Gasteiger partial charge in [0.2, 0.25) is 10.0 Å². The van der Waals surface area contributed by atoms with E-state index in [2.05, 4.69) is 4.72 Å². The Morgan fingerprint density at radius 2 is 2.13 bits per heavy atom. The van der Waals surface area contributed by atoms with Crippen LogP contribution in [0.3, 0.4) is 0 Å².